The van der Waals surface area contributed by atoms with Gasteiger partial charge in [0, 0.05) is 17.7 Å². The molecule has 1 heterocycles. The first-order valence-corrected chi connectivity index (χ1v) is 11.1. The summed E-state index contributed by atoms with van der Waals surface area (Å²) in [5.41, 5.74) is 1.26. The highest BCUT2D eigenvalue weighted by Gasteiger charge is 2.26. The van der Waals surface area contributed by atoms with E-state index in [2.05, 4.69) is 22.1 Å². The molecule has 31 heavy (non-hydrogen) atoms. The van der Waals surface area contributed by atoms with Gasteiger partial charge in [-0.3, -0.25) is 9.59 Å². The summed E-state index contributed by atoms with van der Waals surface area (Å²) in [5, 5.41) is 12.4. The summed E-state index contributed by atoms with van der Waals surface area (Å²) >= 11 is 1.33. The molecule has 0 bridgehead atoms. The Labute approximate surface area is 186 Å². The predicted molar refractivity (Wildman–Crippen MR) is 123 cm³/mol. The number of allylic oxidation sites excluding steroid dienone is 1. The van der Waals surface area contributed by atoms with Crippen LogP contribution in [0.15, 0.2) is 78.5 Å². The fraction of sp³-hybridized carbons (Fsp3) is 0.250. The van der Waals surface area contributed by atoms with E-state index in [-0.39, 0.29) is 29.4 Å². The lowest BCUT2D eigenvalue weighted by atomic mass is 10.0. The van der Waals surface area contributed by atoms with Gasteiger partial charge >= 0.3 is 0 Å². The number of Topliss-reactive ketones (excluding diaryl/α,β-unsaturated/α-hetero) is 1. The van der Waals surface area contributed by atoms with Crippen LogP contribution < -0.4 is 5.32 Å². The third-order valence-corrected chi connectivity index (χ3v) is 5.72. The van der Waals surface area contributed by atoms with Crippen molar-refractivity contribution in [2.45, 2.75) is 31.6 Å². The van der Waals surface area contributed by atoms with Crippen molar-refractivity contribution < 1.29 is 9.59 Å². The molecule has 0 unspecified atom stereocenters. The summed E-state index contributed by atoms with van der Waals surface area (Å²) in [5.74, 6) is 0.847. The maximum atomic E-state index is 12.7. The predicted octanol–water partition coefficient (Wildman–Crippen LogP) is 4.57. The number of carbonyl (C=O) groups is 2. The van der Waals surface area contributed by atoms with Crippen LogP contribution in [0.1, 0.15) is 46.4 Å². The van der Waals surface area contributed by atoms with E-state index in [1.165, 1.54) is 11.8 Å². The number of aromatic nitrogens is 3. The van der Waals surface area contributed by atoms with Crippen molar-refractivity contribution in [3.63, 3.8) is 0 Å². The number of ketones is 1. The Hall–Kier alpha value is -3.19. The van der Waals surface area contributed by atoms with Gasteiger partial charge in [0.25, 0.3) is 5.91 Å². The second-order valence-electron chi connectivity index (χ2n) is 7.38. The summed E-state index contributed by atoms with van der Waals surface area (Å²) < 4.78 is 1.91. The van der Waals surface area contributed by atoms with E-state index >= 15 is 0 Å². The Bertz CT molecular complexity index is 1030. The van der Waals surface area contributed by atoms with Gasteiger partial charge in [0.2, 0.25) is 0 Å². The van der Waals surface area contributed by atoms with E-state index in [4.69, 9.17) is 0 Å². The topological polar surface area (TPSA) is 76.9 Å². The quantitative estimate of drug-likeness (QED) is 0.287. The van der Waals surface area contributed by atoms with Crippen molar-refractivity contribution in [1.82, 2.24) is 20.1 Å². The van der Waals surface area contributed by atoms with Crippen LogP contribution in [-0.2, 0) is 6.54 Å². The lowest BCUT2D eigenvalue weighted by Gasteiger charge is -2.22. The first-order chi connectivity index (χ1) is 15.0. The Morgan fingerprint density at radius 3 is 2.23 bits per heavy atom. The number of hydrogen-bond acceptors (Lipinski definition) is 5. The molecule has 2 aromatic carbocycles. The zero-order valence-electron chi connectivity index (χ0n) is 17.7. The molecule has 0 fully saturated rings. The van der Waals surface area contributed by atoms with E-state index in [9.17, 15) is 9.59 Å². The minimum atomic E-state index is -0.334. The van der Waals surface area contributed by atoms with Crippen molar-refractivity contribution in [1.29, 1.82) is 0 Å². The van der Waals surface area contributed by atoms with Gasteiger partial charge in [-0.05, 0) is 18.1 Å². The van der Waals surface area contributed by atoms with Gasteiger partial charge in [-0.25, -0.2) is 0 Å². The summed E-state index contributed by atoms with van der Waals surface area (Å²) in [6, 6.07) is 17.9. The summed E-state index contributed by atoms with van der Waals surface area (Å²) in [4.78, 5) is 25.2. The molecule has 0 radical (unpaired) electrons. The first-order valence-electron chi connectivity index (χ1n) is 10.1. The molecule has 1 aromatic heterocycles. The number of hydrogen-bond donors (Lipinski definition) is 1. The van der Waals surface area contributed by atoms with E-state index in [0.29, 0.717) is 28.7 Å². The summed E-state index contributed by atoms with van der Waals surface area (Å²) in [6.45, 7) is 8.36. The second kappa shape index (κ2) is 10.7. The van der Waals surface area contributed by atoms with Crippen molar-refractivity contribution >= 4 is 23.5 Å². The highest BCUT2D eigenvalue weighted by atomic mass is 32.2. The van der Waals surface area contributed by atoms with Gasteiger partial charge in [-0.2, -0.15) is 0 Å². The number of rotatable bonds is 10. The van der Waals surface area contributed by atoms with Gasteiger partial charge in [0.05, 0.1) is 11.8 Å². The third kappa shape index (κ3) is 5.70. The number of carbonyl (C=O) groups excluding carboxylic acids is 2. The minimum Gasteiger partial charge on any atom is -0.342 e. The molecule has 0 spiro atoms. The molecule has 0 saturated heterocycles. The van der Waals surface area contributed by atoms with Crippen molar-refractivity contribution in [2.75, 3.05) is 5.75 Å². The molecule has 0 aliphatic carbocycles. The first kappa shape index (κ1) is 22.5. The molecule has 3 aromatic rings. The molecule has 0 aliphatic rings. The normalized spacial score (nSPS) is 11.8. The minimum absolute atomic E-state index is 0.0260. The van der Waals surface area contributed by atoms with Gasteiger partial charge in [0.15, 0.2) is 16.8 Å². The number of thioether (sulfide) groups is 1. The Balaban J connectivity index is 1.80. The molecule has 6 nitrogen and oxygen atoms in total. The number of nitrogens with zero attached hydrogens (tertiary/aromatic N) is 3. The maximum Gasteiger partial charge on any atom is 0.251 e. The molecule has 1 atom stereocenters. The van der Waals surface area contributed by atoms with Crippen molar-refractivity contribution in [3.05, 3.63) is 90.3 Å². The van der Waals surface area contributed by atoms with Crippen LogP contribution in [-0.4, -0.2) is 32.2 Å². The van der Waals surface area contributed by atoms with Gasteiger partial charge in [-0.1, -0.05) is 80.2 Å². The lowest BCUT2D eigenvalue weighted by Crippen LogP contribution is -2.33. The number of benzene rings is 2. The SMILES string of the molecule is C=CCn1c(SCC(=O)c2ccccc2)nnc1[C@H](NC(=O)c1ccccc1)C(C)C. The fourth-order valence-corrected chi connectivity index (χ4v) is 3.97. The fourth-order valence-electron chi connectivity index (χ4n) is 3.12. The molecule has 7 heteroatoms. The average Bonchev–Trinajstić information content (AvgIpc) is 3.19. The summed E-state index contributed by atoms with van der Waals surface area (Å²) in [7, 11) is 0. The van der Waals surface area contributed by atoms with Crippen LogP contribution in [0.4, 0.5) is 0 Å². The van der Waals surface area contributed by atoms with E-state index in [1.807, 2.05) is 54.8 Å². The molecule has 0 aliphatic heterocycles. The number of nitrogens with one attached hydrogen (secondary N) is 1. The van der Waals surface area contributed by atoms with Crippen molar-refractivity contribution in [2.24, 2.45) is 5.92 Å². The largest absolute Gasteiger partial charge is 0.342 e. The van der Waals surface area contributed by atoms with Gasteiger partial charge in [0.1, 0.15) is 0 Å². The van der Waals surface area contributed by atoms with Crippen LogP contribution in [0.3, 0.4) is 0 Å². The molecule has 3 rings (SSSR count). The Morgan fingerprint density at radius 1 is 1.03 bits per heavy atom. The number of amides is 1. The van der Waals surface area contributed by atoms with E-state index in [1.54, 1.807) is 30.3 Å². The van der Waals surface area contributed by atoms with Crippen molar-refractivity contribution in [3.8, 4) is 0 Å². The Kier molecular flexibility index (Phi) is 7.78. The monoisotopic (exact) mass is 434 g/mol. The van der Waals surface area contributed by atoms with Crippen LogP contribution in [0.5, 0.6) is 0 Å². The zero-order chi connectivity index (χ0) is 22.2. The van der Waals surface area contributed by atoms with E-state index in [0.717, 1.165) is 0 Å². The van der Waals surface area contributed by atoms with Crippen LogP contribution in [0.25, 0.3) is 0 Å². The Morgan fingerprint density at radius 2 is 1.65 bits per heavy atom. The molecule has 1 N–H and O–H groups in total. The summed E-state index contributed by atoms with van der Waals surface area (Å²) in [6.07, 6.45) is 1.76. The van der Waals surface area contributed by atoms with Crippen LogP contribution in [0, 0.1) is 5.92 Å². The molecule has 160 valence electrons. The smallest absolute Gasteiger partial charge is 0.251 e. The van der Waals surface area contributed by atoms with Gasteiger partial charge in [-0.15, -0.1) is 16.8 Å². The molecule has 1 amide bonds. The van der Waals surface area contributed by atoms with Crippen LogP contribution in [0.2, 0.25) is 0 Å². The highest BCUT2D eigenvalue weighted by molar-refractivity contribution is 7.99. The van der Waals surface area contributed by atoms with Gasteiger partial charge < -0.3 is 9.88 Å². The standard InChI is InChI=1S/C24H26N4O2S/c1-4-15-28-22(21(17(2)3)25-23(30)19-13-9-6-10-14-19)26-27-24(28)31-16-20(29)18-11-7-5-8-12-18/h4-14,17,21H,1,15-16H2,2-3H3,(H,25,30)/t21-/m1/s1. The lowest BCUT2D eigenvalue weighted by molar-refractivity contribution is 0.0921. The van der Waals surface area contributed by atoms with Crippen LogP contribution >= 0.6 is 11.8 Å². The third-order valence-electron chi connectivity index (χ3n) is 4.75. The molecular formula is C24H26N4O2S. The molecular weight excluding hydrogens is 408 g/mol. The highest BCUT2D eigenvalue weighted by Crippen LogP contribution is 2.26. The maximum absolute atomic E-state index is 12.7. The average molecular weight is 435 g/mol. The zero-order valence-corrected chi connectivity index (χ0v) is 18.5. The molecule has 0 saturated carbocycles. The second-order valence-corrected chi connectivity index (χ2v) is 8.32. The van der Waals surface area contributed by atoms with E-state index < -0.39 is 0 Å².